The molecule has 0 aliphatic heterocycles. The molecule has 3 atom stereocenters. The smallest absolute Gasteiger partial charge is 0.247 e. The van der Waals surface area contributed by atoms with Crippen LogP contribution in [0.3, 0.4) is 0 Å². The maximum Gasteiger partial charge on any atom is 0.247 e. The Morgan fingerprint density at radius 1 is 1.21 bits per heavy atom. The number of aliphatic hydroxyl groups is 2. The van der Waals surface area contributed by atoms with Crippen LogP contribution in [0.4, 0.5) is 0 Å². The van der Waals surface area contributed by atoms with Crippen molar-refractivity contribution in [2.24, 2.45) is 5.92 Å². The van der Waals surface area contributed by atoms with Crippen molar-refractivity contribution in [3.8, 4) is 11.5 Å². The van der Waals surface area contributed by atoms with Crippen molar-refractivity contribution in [3.05, 3.63) is 32.9 Å². The van der Waals surface area contributed by atoms with E-state index < -0.39 is 18.2 Å². The molecule has 0 spiro atoms. The Kier molecular flexibility index (Phi) is 11.4. The zero-order chi connectivity index (χ0) is 27.8. The number of aldehydes is 1. The summed E-state index contributed by atoms with van der Waals surface area (Å²) in [5, 5.41) is 23.6. The first-order valence-electron chi connectivity index (χ1n) is 13.3. The van der Waals surface area contributed by atoms with Crippen LogP contribution in [0.15, 0.2) is 23.8 Å². The molecule has 10 heteroatoms. The van der Waals surface area contributed by atoms with Gasteiger partial charge in [-0.3, -0.25) is 14.4 Å². The number of rotatable bonds is 10. The predicted octanol–water partition coefficient (Wildman–Crippen LogP) is 3.24. The number of aliphatic hydroxyl groups excluding tert-OH is 2. The number of hydrogen-bond donors (Lipinski definition) is 3. The number of ether oxygens (including phenoxy) is 2. The second-order valence-corrected chi connectivity index (χ2v) is 11.4. The molecule has 1 aromatic rings. The molecular formula is C28H39IN2O7. The molecule has 2 aliphatic carbocycles. The highest BCUT2D eigenvalue weighted by Crippen LogP contribution is 2.38. The van der Waals surface area contributed by atoms with Gasteiger partial charge in [-0.1, -0.05) is 39.5 Å². The third kappa shape index (κ3) is 7.26. The van der Waals surface area contributed by atoms with E-state index in [0.717, 1.165) is 38.5 Å². The summed E-state index contributed by atoms with van der Waals surface area (Å²) in [6.07, 6.45) is 6.35. The van der Waals surface area contributed by atoms with E-state index in [0.29, 0.717) is 32.5 Å². The molecule has 2 amide bonds. The maximum atomic E-state index is 13.6. The van der Waals surface area contributed by atoms with Crippen molar-refractivity contribution in [1.82, 2.24) is 10.2 Å². The van der Waals surface area contributed by atoms with Crippen LogP contribution in [0.5, 0.6) is 11.5 Å². The van der Waals surface area contributed by atoms with Gasteiger partial charge in [-0.05, 0) is 53.6 Å². The van der Waals surface area contributed by atoms with Crippen LogP contribution in [0.2, 0.25) is 0 Å². The summed E-state index contributed by atoms with van der Waals surface area (Å²) in [7, 11) is 1.46. The van der Waals surface area contributed by atoms with E-state index in [1.807, 2.05) is 41.3 Å². The van der Waals surface area contributed by atoms with Gasteiger partial charge >= 0.3 is 0 Å². The topological polar surface area (TPSA) is 125 Å². The highest BCUT2D eigenvalue weighted by atomic mass is 127. The second kappa shape index (κ2) is 14.3. The number of benzene rings is 1. The molecular weight excluding hydrogens is 603 g/mol. The Morgan fingerprint density at radius 3 is 2.47 bits per heavy atom. The zero-order valence-electron chi connectivity index (χ0n) is 22.3. The Balaban J connectivity index is 2.04. The highest BCUT2D eigenvalue weighted by Gasteiger charge is 2.43. The van der Waals surface area contributed by atoms with E-state index in [2.05, 4.69) is 5.32 Å². The highest BCUT2D eigenvalue weighted by molar-refractivity contribution is 14.1. The third-order valence-electron chi connectivity index (χ3n) is 7.18. The molecule has 3 N–H and O–H groups in total. The number of carbonyl (C=O) groups excluding carboxylic acids is 3. The van der Waals surface area contributed by atoms with Crippen molar-refractivity contribution in [2.75, 3.05) is 20.3 Å². The molecule has 38 heavy (non-hydrogen) atoms. The summed E-state index contributed by atoms with van der Waals surface area (Å²) in [6.45, 7) is 3.58. The Morgan fingerprint density at radius 2 is 1.89 bits per heavy atom. The zero-order valence-corrected chi connectivity index (χ0v) is 24.5. The number of methoxy groups -OCH3 is 1. The summed E-state index contributed by atoms with van der Waals surface area (Å²) >= 11 is 2.04. The molecule has 0 saturated heterocycles. The van der Waals surface area contributed by atoms with E-state index in [9.17, 15) is 24.6 Å². The minimum absolute atomic E-state index is 0.0332. The van der Waals surface area contributed by atoms with Crippen LogP contribution in [-0.2, 0) is 9.59 Å². The third-order valence-corrected chi connectivity index (χ3v) is 7.98. The number of carbonyl (C=O) groups is 3. The SMILES string of the molecule is COc1cc(C=O)cc(I)c1O[C@H]1C=C(C(=O)NCCO)C[C@@H](N(C(=O)C(C)C)C2CCCCCC2)[C@@H]1O. The first-order chi connectivity index (χ1) is 18.2. The van der Waals surface area contributed by atoms with E-state index in [1.165, 1.54) is 7.11 Å². The van der Waals surface area contributed by atoms with Gasteiger partial charge in [0.2, 0.25) is 11.8 Å². The normalized spacial score (nSPS) is 22.3. The molecule has 2 aliphatic rings. The molecule has 1 fully saturated rings. The lowest BCUT2D eigenvalue weighted by Gasteiger charge is -2.45. The average molecular weight is 643 g/mol. The number of nitrogens with zero attached hydrogens (tertiary/aromatic N) is 1. The number of hydrogen-bond acceptors (Lipinski definition) is 7. The summed E-state index contributed by atoms with van der Waals surface area (Å²) in [5.41, 5.74) is 0.801. The number of amides is 2. The van der Waals surface area contributed by atoms with Gasteiger partial charge < -0.3 is 29.9 Å². The van der Waals surface area contributed by atoms with E-state index >= 15 is 0 Å². The van der Waals surface area contributed by atoms with Crippen LogP contribution >= 0.6 is 22.6 Å². The lowest BCUT2D eigenvalue weighted by molar-refractivity contribution is -0.146. The molecule has 9 nitrogen and oxygen atoms in total. The van der Waals surface area contributed by atoms with Gasteiger partial charge in [0.1, 0.15) is 18.5 Å². The van der Waals surface area contributed by atoms with Crippen molar-refractivity contribution in [3.63, 3.8) is 0 Å². The molecule has 0 heterocycles. The summed E-state index contributed by atoms with van der Waals surface area (Å²) in [5.74, 6) is -0.0447. The minimum atomic E-state index is -1.11. The summed E-state index contributed by atoms with van der Waals surface area (Å²) < 4.78 is 12.4. The van der Waals surface area contributed by atoms with Gasteiger partial charge in [0, 0.05) is 36.1 Å². The molecule has 210 valence electrons. The van der Waals surface area contributed by atoms with E-state index in [4.69, 9.17) is 9.47 Å². The van der Waals surface area contributed by atoms with E-state index in [-0.39, 0.29) is 43.3 Å². The van der Waals surface area contributed by atoms with Crippen LogP contribution in [0.1, 0.15) is 69.2 Å². The summed E-state index contributed by atoms with van der Waals surface area (Å²) in [4.78, 5) is 39.8. The standard InChI is InChI=1S/C28H39IN2O7/c1-17(2)28(36)31(20-8-6-4-5-7-9-20)22-14-19(27(35)30-10-11-32)15-23(25(22)34)38-26-21(29)12-18(16-33)13-24(26)37-3/h12-13,15-17,20,22-23,25,32,34H,4-11,14H2,1-3H3,(H,30,35)/t22-,23+,25+/m1/s1. The van der Waals surface area contributed by atoms with Gasteiger partial charge in [0.05, 0.1) is 23.3 Å². The molecule has 0 radical (unpaired) electrons. The first-order valence-corrected chi connectivity index (χ1v) is 14.4. The Bertz CT molecular complexity index is 1020. The number of halogens is 1. The fourth-order valence-electron chi connectivity index (χ4n) is 5.25. The molecule has 0 bridgehead atoms. The predicted molar refractivity (Wildman–Crippen MR) is 151 cm³/mol. The second-order valence-electron chi connectivity index (χ2n) is 10.2. The van der Waals surface area contributed by atoms with Crippen LogP contribution in [0.25, 0.3) is 0 Å². The van der Waals surface area contributed by atoms with Crippen LogP contribution in [-0.4, -0.2) is 77.8 Å². The molecule has 0 aromatic heterocycles. The number of nitrogens with one attached hydrogen (secondary N) is 1. The van der Waals surface area contributed by atoms with Gasteiger partial charge in [-0.25, -0.2) is 0 Å². The average Bonchev–Trinajstić information content (AvgIpc) is 3.19. The van der Waals surface area contributed by atoms with Crippen molar-refractivity contribution in [1.29, 1.82) is 0 Å². The lowest BCUT2D eigenvalue weighted by atomic mass is 9.86. The Labute approximate surface area is 238 Å². The monoisotopic (exact) mass is 642 g/mol. The quantitative estimate of drug-likeness (QED) is 0.203. The van der Waals surface area contributed by atoms with Crippen LogP contribution < -0.4 is 14.8 Å². The van der Waals surface area contributed by atoms with Crippen molar-refractivity contribution >= 4 is 40.7 Å². The fraction of sp³-hybridized carbons (Fsp3) is 0.607. The van der Waals surface area contributed by atoms with Crippen molar-refractivity contribution < 1.29 is 34.1 Å². The minimum Gasteiger partial charge on any atom is -0.493 e. The van der Waals surface area contributed by atoms with Crippen molar-refractivity contribution in [2.45, 2.75) is 83.1 Å². The molecule has 3 rings (SSSR count). The van der Waals surface area contributed by atoms with Gasteiger partial charge in [-0.2, -0.15) is 0 Å². The first kappa shape index (κ1) is 30.4. The maximum absolute atomic E-state index is 13.6. The Hall–Kier alpha value is -2.18. The van der Waals surface area contributed by atoms with E-state index in [1.54, 1.807) is 18.2 Å². The summed E-state index contributed by atoms with van der Waals surface area (Å²) in [6, 6.07) is 2.50. The lowest BCUT2D eigenvalue weighted by Crippen LogP contribution is -2.58. The van der Waals surface area contributed by atoms with Crippen LogP contribution in [0, 0.1) is 9.49 Å². The largest absolute Gasteiger partial charge is 0.493 e. The van der Waals surface area contributed by atoms with Gasteiger partial charge in [0.15, 0.2) is 11.5 Å². The molecule has 1 aromatic carbocycles. The molecule has 1 saturated carbocycles. The molecule has 0 unspecified atom stereocenters. The fourth-order valence-corrected chi connectivity index (χ4v) is 6.01. The van der Waals surface area contributed by atoms with Gasteiger partial charge in [0.25, 0.3) is 0 Å². The van der Waals surface area contributed by atoms with Gasteiger partial charge in [-0.15, -0.1) is 0 Å².